The maximum atomic E-state index is 8.92. The van der Waals surface area contributed by atoms with Crippen LogP contribution in [0.5, 0.6) is 0 Å². The summed E-state index contributed by atoms with van der Waals surface area (Å²) in [5, 5.41) is 8.92. The molecule has 0 amide bonds. The van der Waals surface area contributed by atoms with E-state index in [0.717, 1.165) is 13.1 Å². The van der Waals surface area contributed by atoms with Crippen LogP contribution >= 0.6 is 21.6 Å². The van der Waals surface area contributed by atoms with Crippen LogP contribution in [-0.2, 0) is 0 Å². The molecule has 1 fully saturated rings. The summed E-state index contributed by atoms with van der Waals surface area (Å²) in [5.74, 6) is 2.38. The number of aliphatic hydroxyl groups excluding tert-OH is 1. The Bertz CT molecular complexity index is 105. The Morgan fingerprint density at radius 3 is 2.36 bits per heavy atom. The predicted molar refractivity (Wildman–Crippen MR) is 53.0 cm³/mol. The fourth-order valence-corrected chi connectivity index (χ4v) is 3.10. The van der Waals surface area contributed by atoms with Crippen LogP contribution in [0.3, 0.4) is 0 Å². The average molecular weight is 193 g/mol. The Hall–Kier alpha value is 0.620. The summed E-state index contributed by atoms with van der Waals surface area (Å²) in [6, 6.07) is 0.342. The molecular weight excluding hydrogens is 178 g/mol. The molecule has 1 atom stereocenters. The van der Waals surface area contributed by atoms with Gasteiger partial charge in [0.15, 0.2) is 0 Å². The van der Waals surface area contributed by atoms with Gasteiger partial charge in [-0.05, 0) is 6.92 Å². The minimum Gasteiger partial charge on any atom is -0.395 e. The second-order valence-corrected chi connectivity index (χ2v) is 5.41. The molecule has 0 saturated carbocycles. The molecule has 0 spiro atoms. The van der Waals surface area contributed by atoms with Gasteiger partial charge in [0, 0.05) is 30.6 Å². The van der Waals surface area contributed by atoms with Crippen LogP contribution in [0.15, 0.2) is 0 Å². The highest BCUT2D eigenvalue weighted by molar-refractivity contribution is 8.76. The molecule has 1 saturated heterocycles. The average Bonchev–Trinajstić information content (AvgIpc) is 2.30. The fraction of sp³-hybridized carbons (Fsp3) is 1.00. The third-order valence-electron chi connectivity index (χ3n) is 1.89. The van der Waals surface area contributed by atoms with Crippen molar-refractivity contribution in [3.05, 3.63) is 0 Å². The molecule has 2 nitrogen and oxygen atoms in total. The van der Waals surface area contributed by atoms with Crippen molar-refractivity contribution in [3.63, 3.8) is 0 Å². The van der Waals surface area contributed by atoms with Crippen LogP contribution < -0.4 is 0 Å². The molecule has 1 aliphatic rings. The Kier molecular flexibility index (Phi) is 4.67. The lowest BCUT2D eigenvalue weighted by Crippen LogP contribution is -2.37. The van der Waals surface area contributed by atoms with E-state index in [4.69, 9.17) is 5.11 Å². The summed E-state index contributed by atoms with van der Waals surface area (Å²) in [6.45, 7) is 4.62. The van der Waals surface area contributed by atoms with Gasteiger partial charge in [-0.25, -0.2) is 0 Å². The van der Waals surface area contributed by atoms with Gasteiger partial charge in [0.05, 0.1) is 6.61 Å². The first kappa shape index (κ1) is 9.71. The number of hydrogen-bond donors (Lipinski definition) is 1. The van der Waals surface area contributed by atoms with Crippen molar-refractivity contribution in [1.82, 2.24) is 4.90 Å². The first-order chi connectivity index (χ1) is 5.34. The van der Waals surface area contributed by atoms with E-state index in [1.807, 2.05) is 21.6 Å². The zero-order valence-corrected chi connectivity index (χ0v) is 8.46. The molecule has 0 aromatic heterocycles. The first-order valence-corrected chi connectivity index (χ1v) is 6.42. The van der Waals surface area contributed by atoms with E-state index in [9.17, 15) is 0 Å². The second-order valence-electron chi connectivity index (χ2n) is 2.71. The zero-order valence-electron chi connectivity index (χ0n) is 6.82. The van der Waals surface area contributed by atoms with Crippen molar-refractivity contribution in [2.24, 2.45) is 0 Å². The van der Waals surface area contributed by atoms with E-state index in [2.05, 4.69) is 11.8 Å². The minimum atomic E-state index is 0.287. The maximum Gasteiger partial charge on any atom is 0.0584 e. The highest BCUT2D eigenvalue weighted by atomic mass is 33.1. The molecule has 0 aromatic rings. The van der Waals surface area contributed by atoms with Crippen LogP contribution in [0.4, 0.5) is 0 Å². The summed E-state index contributed by atoms with van der Waals surface area (Å²) in [7, 11) is 3.88. The van der Waals surface area contributed by atoms with Crippen LogP contribution in [0.25, 0.3) is 0 Å². The summed E-state index contributed by atoms with van der Waals surface area (Å²) in [4.78, 5) is 2.35. The van der Waals surface area contributed by atoms with Crippen LogP contribution in [0.2, 0.25) is 0 Å². The molecule has 66 valence electrons. The third-order valence-corrected chi connectivity index (χ3v) is 4.26. The summed E-state index contributed by atoms with van der Waals surface area (Å²) < 4.78 is 0. The SMILES string of the molecule is CC(CO)N1CCSSCC1. The normalized spacial score (nSPS) is 24.5. The van der Waals surface area contributed by atoms with Gasteiger partial charge in [0.25, 0.3) is 0 Å². The van der Waals surface area contributed by atoms with Gasteiger partial charge in [-0.2, -0.15) is 0 Å². The van der Waals surface area contributed by atoms with Crippen molar-refractivity contribution < 1.29 is 5.11 Å². The molecule has 0 aromatic carbocycles. The molecule has 0 bridgehead atoms. The van der Waals surface area contributed by atoms with Gasteiger partial charge < -0.3 is 5.11 Å². The standard InChI is InChI=1S/C7H15NOS2/c1-7(6-9)8-2-4-10-11-5-3-8/h7,9H,2-6H2,1H3. The number of rotatable bonds is 2. The number of nitrogens with zero attached hydrogens (tertiary/aromatic N) is 1. The van der Waals surface area contributed by atoms with E-state index < -0.39 is 0 Å². The molecular formula is C7H15NOS2. The fourth-order valence-electron chi connectivity index (χ4n) is 1.09. The van der Waals surface area contributed by atoms with Crippen molar-refractivity contribution in [1.29, 1.82) is 0 Å². The van der Waals surface area contributed by atoms with Crippen molar-refractivity contribution >= 4 is 21.6 Å². The van der Waals surface area contributed by atoms with E-state index >= 15 is 0 Å². The molecule has 1 heterocycles. The minimum absolute atomic E-state index is 0.287. The first-order valence-electron chi connectivity index (χ1n) is 3.94. The van der Waals surface area contributed by atoms with Crippen molar-refractivity contribution in [2.45, 2.75) is 13.0 Å². The van der Waals surface area contributed by atoms with Crippen molar-refractivity contribution in [3.8, 4) is 0 Å². The second kappa shape index (κ2) is 5.30. The van der Waals surface area contributed by atoms with E-state index in [1.165, 1.54) is 11.5 Å². The highest BCUT2D eigenvalue weighted by Crippen LogP contribution is 2.24. The van der Waals surface area contributed by atoms with Crippen LogP contribution in [-0.4, -0.2) is 47.3 Å². The molecule has 1 aliphatic heterocycles. The molecule has 0 aliphatic carbocycles. The molecule has 0 radical (unpaired) electrons. The Morgan fingerprint density at radius 1 is 1.36 bits per heavy atom. The zero-order chi connectivity index (χ0) is 8.10. The van der Waals surface area contributed by atoms with E-state index in [0.29, 0.717) is 6.04 Å². The highest BCUT2D eigenvalue weighted by Gasteiger charge is 2.14. The van der Waals surface area contributed by atoms with E-state index in [-0.39, 0.29) is 6.61 Å². The third kappa shape index (κ3) is 3.23. The molecule has 4 heteroatoms. The molecule has 1 N–H and O–H groups in total. The Balaban J connectivity index is 2.30. The van der Waals surface area contributed by atoms with Gasteiger partial charge in [-0.1, -0.05) is 21.6 Å². The monoisotopic (exact) mass is 193 g/mol. The molecule has 1 rings (SSSR count). The lowest BCUT2D eigenvalue weighted by atomic mass is 10.3. The van der Waals surface area contributed by atoms with Crippen LogP contribution in [0, 0.1) is 0 Å². The summed E-state index contributed by atoms with van der Waals surface area (Å²) in [6.07, 6.45) is 0. The van der Waals surface area contributed by atoms with Gasteiger partial charge in [0.1, 0.15) is 0 Å². The predicted octanol–water partition coefficient (Wildman–Crippen LogP) is 1.06. The van der Waals surface area contributed by atoms with Gasteiger partial charge in [-0.15, -0.1) is 0 Å². The largest absolute Gasteiger partial charge is 0.395 e. The summed E-state index contributed by atoms with van der Waals surface area (Å²) >= 11 is 0. The summed E-state index contributed by atoms with van der Waals surface area (Å²) in [5.41, 5.74) is 0. The van der Waals surface area contributed by atoms with Gasteiger partial charge in [-0.3, -0.25) is 4.90 Å². The number of aliphatic hydroxyl groups is 1. The van der Waals surface area contributed by atoms with Gasteiger partial charge >= 0.3 is 0 Å². The van der Waals surface area contributed by atoms with Crippen LogP contribution in [0.1, 0.15) is 6.92 Å². The number of hydrogen-bond acceptors (Lipinski definition) is 4. The smallest absolute Gasteiger partial charge is 0.0584 e. The maximum absolute atomic E-state index is 8.92. The quantitative estimate of drug-likeness (QED) is 0.663. The molecule has 11 heavy (non-hydrogen) atoms. The lowest BCUT2D eigenvalue weighted by Gasteiger charge is -2.24. The van der Waals surface area contributed by atoms with E-state index in [1.54, 1.807) is 0 Å². The topological polar surface area (TPSA) is 23.5 Å². The Morgan fingerprint density at radius 2 is 1.91 bits per heavy atom. The van der Waals surface area contributed by atoms with Gasteiger partial charge in [0.2, 0.25) is 0 Å². The lowest BCUT2D eigenvalue weighted by molar-refractivity contribution is 0.148. The molecule has 1 unspecified atom stereocenters. The Labute approximate surface area is 76.1 Å². The van der Waals surface area contributed by atoms with Crippen molar-refractivity contribution in [2.75, 3.05) is 31.2 Å².